The summed E-state index contributed by atoms with van der Waals surface area (Å²) in [6.45, 7) is 2.10. The smallest absolute Gasteiger partial charge is 0.323 e. The SMILES string of the molecule is CCOC(=O)C(N)Cc1cn[nH]c1-c1ccccc1. The summed E-state index contributed by atoms with van der Waals surface area (Å²) >= 11 is 0. The normalized spacial score (nSPS) is 12.1. The number of nitrogens with zero attached hydrogens (tertiary/aromatic N) is 1. The summed E-state index contributed by atoms with van der Waals surface area (Å²) in [5.41, 5.74) is 8.64. The highest BCUT2D eigenvalue weighted by Crippen LogP contribution is 2.21. The summed E-state index contributed by atoms with van der Waals surface area (Å²) < 4.78 is 4.90. The summed E-state index contributed by atoms with van der Waals surface area (Å²) in [7, 11) is 0. The van der Waals surface area contributed by atoms with E-state index in [4.69, 9.17) is 10.5 Å². The first kappa shape index (κ1) is 13.3. The van der Waals surface area contributed by atoms with Crippen LogP contribution >= 0.6 is 0 Å². The van der Waals surface area contributed by atoms with E-state index in [1.54, 1.807) is 13.1 Å². The molecule has 1 heterocycles. The first-order valence-electron chi connectivity index (χ1n) is 6.22. The fourth-order valence-electron chi connectivity index (χ4n) is 1.89. The molecule has 1 atom stereocenters. The number of hydrogen-bond donors (Lipinski definition) is 2. The topological polar surface area (TPSA) is 81.0 Å². The largest absolute Gasteiger partial charge is 0.465 e. The van der Waals surface area contributed by atoms with Crippen molar-refractivity contribution in [1.82, 2.24) is 10.2 Å². The van der Waals surface area contributed by atoms with E-state index in [-0.39, 0.29) is 5.97 Å². The molecule has 0 aliphatic rings. The fourth-order valence-corrected chi connectivity index (χ4v) is 1.89. The lowest BCUT2D eigenvalue weighted by Crippen LogP contribution is -2.34. The van der Waals surface area contributed by atoms with Gasteiger partial charge in [-0.3, -0.25) is 9.89 Å². The standard InChI is InChI=1S/C14H17N3O2/c1-2-19-14(18)12(15)8-11-9-16-17-13(11)10-6-4-3-5-7-10/h3-7,9,12H,2,8,15H2,1H3,(H,16,17). The number of H-pyrrole nitrogens is 1. The molecule has 100 valence electrons. The number of ether oxygens (including phenoxy) is 1. The zero-order valence-electron chi connectivity index (χ0n) is 10.8. The zero-order valence-corrected chi connectivity index (χ0v) is 10.8. The molecule has 0 aliphatic heterocycles. The van der Waals surface area contributed by atoms with Crippen LogP contribution in [-0.4, -0.2) is 28.8 Å². The number of carbonyl (C=O) groups is 1. The number of aromatic amines is 1. The molecule has 1 aromatic carbocycles. The summed E-state index contributed by atoms with van der Waals surface area (Å²) in [4.78, 5) is 11.5. The Balaban J connectivity index is 2.15. The Bertz CT molecular complexity index is 537. The highest BCUT2D eigenvalue weighted by atomic mass is 16.5. The van der Waals surface area contributed by atoms with Crippen LogP contribution in [0.1, 0.15) is 12.5 Å². The molecule has 5 heteroatoms. The number of hydrogen-bond acceptors (Lipinski definition) is 4. The lowest BCUT2D eigenvalue weighted by molar-refractivity contribution is -0.144. The van der Waals surface area contributed by atoms with Gasteiger partial charge in [0.1, 0.15) is 6.04 Å². The Hall–Kier alpha value is -2.14. The molecule has 0 aliphatic carbocycles. The molecule has 0 fully saturated rings. The van der Waals surface area contributed by atoms with Gasteiger partial charge >= 0.3 is 5.97 Å². The molecule has 0 bridgehead atoms. The molecular formula is C14H17N3O2. The van der Waals surface area contributed by atoms with Crippen LogP contribution in [0, 0.1) is 0 Å². The van der Waals surface area contributed by atoms with Gasteiger partial charge in [-0.15, -0.1) is 0 Å². The third-order valence-corrected chi connectivity index (χ3v) is 2.81. The molecule has 3 N–H and O–H groups in total. The number of carbonyl (C=O) groups excluding carboxylic acids is 1. The maximum atomic E-state index is 11.5. The van der Waals surface area contributed by atoms with E-state index in [9.17, 15) is 4.79 Å². The van der Waals surface area contributed by atoms with Crippen LogP contribution in [0.15, 0.2) is 36.5 Å². The predicted molar refractivity (Wildman–Crippen MR) is 72.3 cm³/mol. The minimum absolute atomic E-state index is 0.337. The molecule has 2 aromatic rings. The van der Waals surface area contributed by atoms with Gasteiger partial charge in [0.05, 0.1) is 18.5 Å². The molecule has 0 spiro atoms. The van der Waals surface area contributed by atoms with Gasteiger partial charge in [-0.1, -0.05) is 30.3 Å². The summed E-state index contributed by atoms with van der Waals surface area (Å²) in [5.74, 6) is -0.386. The van der Waals surface area contributed by atoms with E-state index in [1.165, 1.54) is 0 Å². The summed E-state index contributed by atoms with van der Waals surface area (Å²) in [6, 6.07) is 9.14. The molecule has 0 saturated carbocycles. The van der Waals surface area contributed by atoms with E-state index in [1.807, 2.05) is 30.3 Å². The molecule has 0 amide bonds. The van der Waals surface area contributed by atoms with Gasteiger partial charge in [0, 0.05) is 6.42 Å². The third kappa shape index (κ3) is 3.20. The van der Waals surface area contributed by atoms with Crippen LogP contribution in [0.4, 0.5) is 0 Å². The molecule has 1 aromatic heterocycles. The number of aromatic nitrogens is 2. The molecule has 0 saturated heterocycles. The van der Waals surface area contributed by atoms with E-state index in [0.29, 0.717) is 13.0 Å². The van der Waals surface area contributed by atoms with Gasteiger partial charge in [0.15, 0.2) is 0 Å². The Morgan fingerprint density at radius 2 is 2.16 bits per heavy atom. The van der Waals surface area contributed by atoms with Gasteiger partial charge in [-0.25, -0.2) is 0 Å². The molecule has 19 heavy (non-hydrogen) atoms. The molecule has 1 unspecified atom stereocenters. The highest BCUT2D eigenvalue weighted by Gasteiger charge is 2.18. The minimum Gasteiger partial charge on any atom is -0.465 e. The van der Waals surface area contributed by atoms with Crippen LogP contribution in [0.2, 0.25) is 0 Å². The molecule has 2 rings (SSSR count). The van der Waals surface area contributed by atoms with Crippen molar-refractivity contribution in [2.45, 2.75) is 19.4 Å². The summed E-state index contributed by atoms with van der Waals surface area (Å²) in [5, 5.41) is 6.96. The van der Waals surface area contributed by atoms with Gasteiger partial charge < -0.3 is 10.5 Å². The maximum absolute atomic E-state index is 11.5. The van der Waals surface area contributed by atoms with Crippen LogP contribution in [-0.2, 0) is 16.0 Å². The Kier molecular flexibility index (Phi) is 4.30. The highest BCUT2D eigenvalue weighted by molar-refractivity contribution is 5.76. The van der Waals surface area contributed by atoms with Crippen molar-refractivity contribution >= 4 is 5.97 Å². The van der Waals surface area contributed by atoms with Crippen molar-refractivity contribution in [3.05, 3.63) is 42.1 Å². The number of nitrogens with two attached hydrogens (primary N) is 1. The van der Waals surface area contributed by atoms with Gasteiger partial charge in [0.25, 0.3) is 0 Å². The number of rotatable bonds is 5. The number of esters is 1. The van der Waals surface area contributed by atoms with E-state index < -0.39 is 6.04 Å². The zero-order chi connectivity index (χ0) is 13.7. The van der Waals surface area contributed by atoms with Crippen molar-refractivity contribution in [3.63, 3.8) is 0 Å². The van der Waals surface area contributed by atoms with E-state index in [2.05, 4.69) is 10.2 Å². The monoisotopic (exact) mass is 259 g/mol. The minimum atomic E-state index is -0.667. The Morgan fingerprint density at radius 3 is 2.84 bits per heavy atom. The van der Waals surface area contributed by atoms with E-state index >= 15 is 0 Å². The quantitative estimate of drug-likeness (QED) is 0.797. The second kappa shape index (κ2) is 6.15. The second-order valence-electron chi connectivity index (χ2n) is 4.20. The fraction of sp³-hybridized carbons (Fsp3) is 0.286. The van der Waals surface area contributed by atoms with Crippen molar-refractivity contribution < 1.29 is 9.53 Å². The first-order valence-corrected chi connectivity index (χ1v) is 6.22. The van der Waals surface area contributed by atoms with E-state index in [0.717, 1.165) is 16.8 Å². The lowest BCUT2D eigenvalue weighted by Gasteiger charge is -2.10. The molecule has 0 radical (unpaired) electrons. The average molecular weight is 259 g/mol. The Labute approximate surface area is 111 Å². The van der Waals surface area contributed by atoms with Crippen molar-refractivity contribution in [3.8, 4) is 11.3 Å². The number of nitrogens with one attached hydrogen (secondary N) is 1. The predicted octanol–water partition coefficient (Wildman–Crippen LogP) is 1.51. The lowest BCUT2D eigenvalue weighted by atomic mass is 10.0. The van der Waals surface area contributed by atoms with Crippen molar-refractivity contribution in [1.29, 1.82) is 0 Å². The van der Waals surface area contributed by atoms with Gasteiger partial charge in [0.2, 0.25) is 0 Å². The van der Waals surface area contributed by atoms with Crippen LogP contribution in [0.3, 0.4) is 0 Å². The van der Waals surface area contributed by atoms with Crippen LogP contribution in [0.25, 0.3) is 11.3 Å². The van der Waals surface area contributed by atoms with Gasteiger partial charge in [-0.2, -0.15) is 5.10 Å². The molecular weight excluding hydrogens is 242 g/mol. The first-order chi connectivity index (χ1) is 9.22. The Morgan fingerprint density at radius 1 is 1.42 bits per heavy atom. The maximum Gasteiger partial charge on any atom is 0.323 e. The third-order valence-electron chi connectivity index (χ3n) is 2.81. The van der Waals surface area contributed by atoms with Crippen LogP contribution in [0.5, 0.6) is 0 Å². The van der Waals surface area contributed by atoms with Crippen molar-refractivity contribution in [2.75, 3.05) is 6.61 Å². The number of benzene rings is 1. The van der Waals surface area contributed by atoms with Crippen LogP contribution < -0.4 is 5.73 Å². The van der Waals surface area contributed by atoms with Crippen molar-refractivity contribution in [2.24, 2.45) is 5.73 Å². The molecule has 5 nitrogen and oxygen atoms in total. The second-order valence-corrected chi connectivity index (χ2v) is 4.20. The summed E-state index contributed by atoms with van der Waals surface area (Å²) in [6.07, 6.45) is 2.10. The van der Waals surface area contributed by atoms with Gasteiger partial charge in [-0.05, 0) is 18.1 Å². The average Bonchev–Trinajstić information content (AvgIpc) is 2.88.